The fourth-order valence-electron chi connectivity index (χ4n) is 3.87. The Morgan fingerprint density at radius 1 is 1.37 bits per heavy atom. The molecule has 0 N–H and O–H groups in total. The maximum Gasteiger partial charge on any atom is 0.262 e. The van der Waals surface area contributed by atoms with Gasteiger partial charge in [0.15, 0.2) is 6.29 Å². The van der Waals surface area contributed by atoms with E-state index in [0.29, 0.717) is 30.3 Å². The Balaban J connectivity index is 2.05. The smallest absolute Gasteiger partial charge is 0.262 e. The molecule has 1 aromatic carbocycles. The summed E-state index contributed by atoms with van der Waals surface area (Å²) in [5.41, 5.74) is 3.00. The molecule has 1 atom stereocenters. The number of benzene rings is 1. The number of ether oxygens (including phenoxy) is 1. The van der Waals surface area contributed by atoms with Crippen molar-refractivity contribution < 1.29 is 9.53 Å². The van der Waals surface area contributed by atoms with Gasteiger partial charge in [0, 0.05) is 24.1 Å². The monoisotopic (exact) mass is 363 g/mol. The zero-order valence-corrected chi connectivity index (χ0v) is 15.5. The number of aldehydes is 1. The first-order valence-corrected chi connectivity index (χ1v) is 9.28. The van der Waals surface area contributed by atoms with E-state index < -0.39 is 0 Å². The molecule has 3 heterocycles. The number of hydrogen-bond donors (Lipinski definition) is 0. The predicted octanol–water partition coefficient (Wildman–Crippen LogP) is 2.93. The quantitative estimate of drug-likeness (QED) is 0.519. The highest BCUT2D eigenvalue weighted by Crippen LogP contribution is 2.29. The minimum atomic E-state index is -0.131. The molecule has 1 saturated heterocycles. The lowest BCUT2D eigenvalue weighted by atomic mass is 10.1. The van der Waals surface area contributed by atoms with Crippen molar-refractivity contribution in [3.63, 3.8) is 0 Å². The fourth-order valence-corrected chi connectivity index (χ4v) is 3.87. The maximum absolute atomic E-state index is 13.1. The second kappa shape index (κ2) is 7.01. The molecule has 6 nitrogen and oxygen atoms in total. The van der Waals surface area contributed by atoms with Crippen molar-refractivity contribution in [2.75, 3.05) is 6.61 Å². The van der Waals surface area contributed by atoms with Crippen molar-refractivity contribution in [3.05, 3.63) is 39.8 Å². The van der Waals surface area contributed by atoms with Crippen molar-refractivity contribution >= 4 is 28.1 Å². The molecule has 6 heteroatoms. The van der Waals surface area contributed by atoms with Crippen LogP contribution in [0.25, 0.3) is 21.8 Å². The molecule has 0 bridgehead atoms. The number of fused-ring (bicyclic) bond motifs is 3. The number of nitrogens with zero attached hydrogens (tertiary/aromatic N) is 3. The molecule has 1 fully saturated rings. The summed E-state index contributed by atoms with van der Waals surface area (Å²) in [7, 11) is 0. The lowest BCUT2D eigenvalue weighted by molar-refractivity contribution is -0.103. The van der Waals surface area contributed by atoms with Gasteiger partial charge in [0.05, 0.1) is 16.6 Å². The van der Waals surface area contributed by atoms with Crippen molar-refractivity contribution in [2.24, 2.45) is 0 Å². The van der Waals surface area contributed by atoms with Gasteiger partial charge in [-0.3, -0.25) is 9.59 Å². The van der Waals surface area contributed by atoms with E-state index in [1.54, 1.807) is 4.57 Å². The highest BCUT2D eigenvalue weighted by molar-refractivity contribution is 6.04. The van der Waals surface area contributed by atoms with E-state index >= 15 is 0 Å². The Morgan fingerprint density at radius 2 is 2.22 bits per heavy atom. The average molecular weight is 363 g/mol. The minimum absolute atomic E-state index is 0.0358. The third kappa shape index (κ3) is 2.84. The SMILES string of the molecule is CCn1c(=O)c2c(C)n(C3CCCCO3)nc2c2cc(C#CC=O)ccc21. The molecule has 3 aromatic rings. The van der Waals surface area contributed by atoms with Gasteiger partial charge in [-0.1, -0.05) is 5.92 Å². The van der Waals surface area contributed by atoms with E-state index in [4.69, 9.17) is 9.84 Å². The van der Waals surface area contributed by atoms with Crippen LogP contribution in [0.2, 0.25) is 0 Å². The van der Waals surface area contributed by atoms with E-state index in [1.165, 1.54) is 0 Å². The Kier molecular flexibility index (Phi) is 4.54. The van der Waals surface area contributed by atoms with Crippen LogP contribution in [-0.2, 0) is 16.1 Å². The zero-order chi connectivity index (χ0) is 19.0. The molecule has 4 rings (SSSR count). The van der Waals surface area contributed by atoms with Crippen LogP contribution in [0, 0.1) is 18.8 Å². The van der Waals surface area contributed by atoms with Gasteiger partial charge in [-0.25, -0.2) is 4.68 Å². The van der Waals surface area contributed by atoms with Crippen LogP contribution in [-0.4, -0.2) is 27.2 Å². The highest BCUT2D eigenvalue weighted by Gasteiger charge is 2.23. The largest absolute Gasteiger partial charge is 0.357 e. The molecule has 0 aliphatic carbocycles. The van der Waals surface area contributed by atoms with Gasteiger partial charge in [-0.15, -0.1) is 0 Å². The number of aromatic nitrogens is 3. The standard InChI is InChI=1S/C21H21N3O3/c1-3-23-17-10-9-15(7-6-11-25)13-16(17)20-19(21(23)26)14(2)24(22-20)18-8-4-5-12-27-18/h9-11,13,18H,3-5,8,12H2,1-2H3. The van der Waals surface area contributed by atoms with Crippen LogP contribution >= 0.6 is 0 Å². The second-order valence-corrected chi connectivity index (χ2v) is 6.74. The van der Waals surface area contributed by atoms with E-state index in [1.807, 2.05) is 36.7 Å². The second-order valence-electron chi connectivity index (χ2n) is 6.74. The van der Waals surface area contributed by atoms with E-state index in [2.05, 4.69) is 11.8 Å². The summed E-state index contributed by atoms with van der Waals surface area (Å²) in [5.74, 6) is 5.26. The summed E-state index contributed by atoms with van der Waals surface area (Å²) >= 11 is 0. The maximum atomic E-state index is 13.1. The van der Waals surface area contributed by atoms with E-state index in [0.717, 1.165) is 41.4 Å². The topological polar surface area (TPSA) is 66.1 Å². The number of pyridine rings is 1. The van der Waals surface area contributed by atoms with Crippen LogP contribution in [0.5, 0.6) is 0 Å². The van der Waals surface area contributed by atoms with Gasteiger partial charge < -0.3 is 9.30 Å². The number of carbonyl (C=O) groups is 1. The van der Waals surface area contributed by atoms with Gasteiger partial charge in [0.2, 0.25) is 0 Å². The molecule has 27 heavy (non-hydrogen) atoms. The average Bonchev–Trinajstić information content (AvgIpc) is 3.05. The number of carbonyl (C=O) groups excluding carboxylic acids is 1. The van der Waals surface area contributed by atoms with Crippen LogP contribution in [0.3, 0.4) is 0 Å². The Morgan fingerprint density at radius 3 is 2.93 bits per heavy atom. The number of aryl methyl sites for hydroxylation is 2. The summed E-state index contributed by atoms with van der Waals surface area (Å²) in [6.07, 6.45) is 3.48. The normalized spacial score (nSPS) is 17.0. The molecule has 0 spiro atoms. The lowest BCUT2D eigenvalue weighted by Gasteiger charge is -2.23. The predicted molar refractivity (Wildman–Crippen MR) is 104 cm³/mol. The van der Waals surface area contributed by atoms with E-state index in [-0.39, 0.29) is 11.8 Å². The first-order chi connectivity index (χ1) is 13.2. The molecule has 138 valence electrons. The summed E-state index contributed by atoms with van der Waals surface area (Å²) in [4.78, 5) is 23.7. The Labute approximate surface area is 156 Å². The molecule has 0 radical (unpaired) electrons. The fraction of sp³-hybridized carbons (Fsp3) is 0.381. The first-order valence-electron chi connectivity index (χ1n) is 9.28. The van der Waals surface area contributed by atoms with Crippen LogP contribution in [0.15, 0.2) is 23.0 Å². The lowest BCUT2D eigenvalue weighted by Crippen LogP contribution is -2.21. The molecule has 1 aliphatic heterocycles. The van der Waals surface area contributed by atoms with Crippen LogP contribution < -0.4 is 5.56 Å². The van der Waals surface area contributed by atoms with Gasteiger partial charge in [0.25, 0.3) is 5.56 Å². The summed E-state index contributed by atoms with van der Waals surface area (Å²) in [6, 6.07) is 5.60. The van der Waals surface area contributed by atoms with Crippen molar-refractivity contribution in [1.29, 1.82) is 0 Å². The zero-order valence-electron chi connectivity index (χ0n) is 15.5. The number of hydrogen-bond acceptors (Lipinski definition) is 4. The molecular weight excluding hydrogens is 342 g/mol. The molecular formula is C21H21N3O3. The molecule has 0 saturated carbocycles. The first kappa shape index (κ1) is 17.5. The molecule has 1 unspecified atom stereocenters. The van der Waals surface area contributed by atoms with Crippen LogP contribution in [0.4, 0.5) is 0 Å². The van der Waals surface area contributed by atoms with Crippen molar-refractivity contribution in [1.82, 2.24) is 14.3 Å². The summed E-state index contributed by atoms with van der Waals surface area (Å²) < 4.78 is 9.51. The van der Waals surface area contributed by atoms with Gasteiger partial charge in [-0.05, 0) is 57.2 Å². The van der Waals surface area contributed by atoms with Crippen molar-refractivity contribution in [2.45, 2.75) is 45.9 Å². The number of rotatable bonds is 2. The Bertz CT molecular complexity index is 1150. The summed E-state index contributed by atoms with van der Waals surface area (Å²) in [6.45, 7) is 5.16. The van der Waals surface area contributed by atoms with Gasteiger partial charge >= 0.3 is 0 Å². The van der Waals surface area contributed by atoms with E-state index in [9.17, 15) is 9.59 Å². The minimum Gasteiger partial charge on any atom is -0.357 e. The molecule has 1 aliphatic rings. The summed E-state index contributed by atoms with van der Waals surface area (Å²) in [5, 5.41) is 6.27. The Hall–Kier alpha value is -2.91. The van der Waals surface area contributed by atoms with Gasteiger partial charge in [-0.2, -0.15) is 5.10 Å². The van der Waals surface area contributed by atoms with Gasteiger partial charge in [0.1, 0.15) is 11.7 Å². The van der Waals surface area contributed by atoms with Crippen LogP contribution in [0.1, 0.15) is 43.7 Å². The third-order valence-electron chi connectivity index (χ3n) is 5.17. The molecule has 0 amide bonds. The third-order valence-corrected chi connectivity index (χ3v) is 5.17. The van der Waals surface area contributed by atoms with Crippen molar-refractivity contribution in [3.8, 4) is 11.8 Å². The molecule has 2 aromatic heterocycles. The highest BCUT2D eigenvalue weighted by atomic mass is 16.5.